The Morgan fingerprint density at radius 1 is 1.50 bits per heavy atom. The van der Waals surface area contributed by atoms with Crippen molar-refractivity contribution in [2.75, 3.05) is 0 Å². The summed E-state index contributed by atoms with van der Waals surface area (Å²) < 4.78 is 0. The molecule has 0 fully saturated rings. The van der Waals surface area contributed by atoms with Crippen LogP contribution in [0.4, 0.5) is 0 Å². The van der Waals surface area contributed by atoms with E-state index in [1.807, 2.05) is 12.1 Å². The number of aromatic amines is 1. The predicted octanol–water partition coefficient (Wildman–Crippen LogP) is 4.74. The number of benzene rings is 1. The zero-order chi connectivity index (χ0) is 15.7. The van der Waals surface area contributed by atoms with E-state index in [4.69, 9.17) is 0 Å². The normalized spacial score (nSPS) is 24.1. The van der Waals surface area contributed by atoms with Crippen LogP contribution in [0.2, 0.25) is 0 Å². The number of carbonyl (C=O) groups is 1. The van der Waals surface area contributed by atoms with Gasteiger partial charge in [-0.15, -0.1) is 6.58 Å². The number of nitrogens with one attached hydrogen (secondary N) is 1. The van der Waals surface area contributed by atoms with E-state index in [1.165, 1.54) is 10.9 Å². The second kappa shape index (κ2) is 5.64. The van der Waals surface area contributed by atoms with Gasteiger partial charge >= 0.3 is 5.97 Å². The molecule has 1 aromatic heterocycles. The van der Waals surface area contributed by atoms with Crippen molar-refractivity contribution in [3.05, 3.63) is 48.2 Å². The van der Waals surface area contributed by atoms with Gasteiger partial charge in [0.15, 0.2) is 0 Å². The summed E-state index contributed by atoms with van der Waals surface area (Å²) in [4.78, 5) is 15.0. The Kier molecular flexibility index (Phi) is 3.81. The van der Waals surface area contributed by atoms with Crippen LogP contribution >= 0.6 is 0 Å². The number of aliphatic carboxylic acids is 1. The van der Waals surface area contributed by atoms with Gasteiger partial charge in [0.05, 0.1) is 6.42 Å². The Hall–Kier alpha value is -2.03. The fraction of sp³-hybridized carbons (Fsp3) is 0.421. The SMILES string of the molecule is C=CC[C@H]1CC[C@@](CC)(CC(=O)O)c2[nH]c3ccccc3c21. The molecule has 0 radical (unpaired) electrons. The highest BCUT2D eigenvalue weighted by molar-refractivity contribution is 5.86. The Morgan fingerprint density at radius 3 is 2.95 bits per heavy atom. The number of allylic oxidation sites excluding steroid dienone is 1. The zero-order valence-electron chi connectivity index (χ0n) is 13.1. The molecule has 0 bridgehead atoms. The van der Waals surface area contributed by atoms with Crippen molar-refractivity contribution in [2.45, 2.75) is 50.4 Å². The van der Waals surface area contributed by atoms with Crippen LogP contribution in [-0.4, -0.2) is 16.1 Å². The Balaban J connectivity index is 2.22. The maximum Gasteiger partial charge on any atom is 0.304 e. The molecule has 0 saturated heterocycles. The first kappa shape index (κ1) is 14.9. The Bertz CT molecular complexity index is 715. The molecular formula is C19H23NO2. The van der Waals surface area contributed by atoms with Crippen LogP contribution < -0.4 is 0 Å². The lowest BCUT2D eigenvalue weighted by atomic mass is 9.65. The van der Waals surface area contributed by atoms with Gasteiger partial charge in [0.1, 0.15) is 0 Å². The average Bonchev–Trinajstić information content (AvgIpc) is 2.90. The highest BCUT2D eigenvalue weighted by Crippen LogP contribution is 2.50. The maximum atomic E-state index is 11.4. The van der Waals surface area contributed by atoms with Crippen molar-refractivity contribution >= 4 is 16.9 Å². The van der Waals surface area contributed by atoms with Gasteiger partial charge in [-0.2, -0.15) is 0 Å². The number of H-pyrrole nitrogens is 1. The summed E-state index contributed by atoms with van der Waals surface area (Å²) in [5, 5.41) is 10.6. The van der Waals surface area contributed by atoms with Crippen LogP contribution in [0.5, 0.6) is 0 Å². The van der Waals surface area contributed by atoms with Crippen molar-refractivity contribution in [3.8, 4) is 0 Å². The molecule has 3 heteroatoms. The number of hydrogen-bond acceptors (Lipinski definition) is 1. The average molecular weight is 297 g/mol. The van der Waals surface area contributed by atoms with Gasteiger partial charge in [-0.05, 0) is 43.2 Å². The minimum atomic E-state index is -0.714. The van der Waals surface area contributed by atoms with E-state index < -0.39 is 5.97 Å². The first-order chi connectivity index (χ1) is 10.6. The fourth-order valence-corrected chi connectivity index (χ4v) is 4.11. The molecule has 3 rings (SSSR count). The van der Waals surface area contributed by atoms with E-state index >= 15 is 0 Å². The van der Waals surface area contributed by atoms with Crippen LogP contribution in [0.1, 0.15) is 56.2 Å². The van der Waals surface area contributed by atoms with Gasteiger partial charge in [0.2, 0.25) is 0 Å². The number of rotatable bonds is 5. The molecule has 0 saturated carbocycles. The number of carboxylic acids is 1. The molecule has 0 aliphatic heterocycles. The standard InChI is InChI=1S/C19H23NO2/c1-3-7-13-10-11-19(4-2,12-16(21)22)18-17(13)14-8-5-6-9-15(14)20-18/h3,5-6,8-9,13,20H,1,4,7,10-12H2,2H3,(H,21,22)/t13-,19-/m0/s1. The molecule has 0 amide bonds. The summed E-state index contributed by atoms with van der Waals surface area (Å²) in [5.74, 6) is -0.272. The van der Waals surface area contributed by atoms with E-state index in [2.05, 4.69) is 36.7 Å². The van der Waals surface area contributed by atoms with E-state index in [9.17, 15) is 9.90 Å². The molecule has 1 aliphatic carbocycles. The van der Waals surface area contributed by atoms with E-state index in [1.54, 1.807) is 0 Å². The van der Waals surface area contributed by atoms with Crippen molar-refractivity contribution in [1.82, 2.24) is 4.98 Å². The van der Waals surface area contributed by atoms with Crippen LogP contribution in [0.15, 0.2) is 36.9 Å². The maximum absolute atomic E-state index is 11.4. The molecule has 2 aromatic rings. The first-order valence-corrected chi connectivity index (χ1v) is 8.05. The number of aromatic nitrogens is 1. The van der Waals surface area contributed by atoms with Crippen molar-refractivity contribution < 1.29 is 9.90 Å². The summed E-state index contributed by atoms with van der Waals surface area (Å²) in [5.41, 5.74) is 3.32. The Labute approximate surface area is 131 Å². The molecule has 0 unspecified atom stereocenters. The molecule has 1 aliphatic rings. The molecular weight excluding hydrogens is 274 g/mol. The van der Waals surface area contributed by atoms with Crippen LogP contribution in [0, 0.1) is 0 Å². The van der Waals surface area contributed by atoms with Gasteiger partial charge in [-0.1, -0.05) is 31.2 Å². The number of hydrogen-bond donors (Lipinski definition) is 2. The smallest absolute Gasteiger partial charge is 0.304 e. The summed E-state index contributed by atoms with van der Waals surface area (Å²) in [6, 6.07) is 8.31. The minimum absolute atomic E-state index is 0.199. The minimum Gasteiger partial charge on any atom is -0.481 e. The number of fused-ring (bicyclic) bond motifs is 3. The predicted molar refractivity (Wildman–Crippen MR) is 89.3 cm³/mol. The molecule has 116 valence electrons. The third kappa shape index (κ3) is 2.25. The summed E-state index contributed by atoms with van der Waals surface area (Å²) in [6.07, 6.45) is 5.92. The summed E-state index contributed by atoms with van der Waals surface area (Å²) in [7, 11) is 0. The van der Waals surface area contributed by atoms with Gasteiger partial charge in [-0.25, -0.2) is 0 Å². The van der Waals surface area contributed by atoms with Crippen molar-refractivity contribution in [3.63, 3.8) is 0 Å². The van der Waals surface area contributed by atoms with Crippen molar-refractivity contribution in [2.24, 2.45) is 0 Å². The van der Waals surface area contributed by atoms with Gasteiger partial charge < -0.3 is 10.1 Å². The van der Waals surface area contributed by atoms with Crippen LogP contribution in [0.25, 0.3) is 10.9 Å². The lowest BCUT2D eigenvalue weighted by molar-refractivity contribution is -0.138. The van der Waals surface area contributed by atoms with Gasteiger partial charge in [0.25, 0.3) is 0 Å². The fourth-order valence-electron chi connectivity index (χ4n) is 4.11. The van der Waals surface area contributed by atoms with Crippen LogP contribution in [-0.2, 0) is 10.2 Å². The second-order valence-electron chi connectivity index (χ2n) is 6.42. The highest BCUT2D eigenvalue weighted by Gasteiger charge is 2.42. The van der Waals surface area contributed by atoms with E-state index in [0.29, 0.717) is 5.92 Å². The zero-order valence-corrected chi connectivity index (χ0v) is 13.1. The quantitative estimate of drug-likeness (QED) is 0.783. The lowest BCUT2D eigenvalue weighted by Gasteiger charge is -2.38. The summed E-state index contributed by atoms with van der Waals surface area (Å²) >= 11 is 0. The molecule has 2 atom stereocenters. The molecule has 3 nitrogen and oxygen atoms in total. The van der Waals surface area contributed by atoms with Crippen molar-refractivity contribution in [1.29, 1.82) is 0 Å². The topological polar surface area (TPSA) is 53.1 Å². The lowest BCUT2D eigenvalue weighted by Crippen LogP contribution is -2.34. The van der Waals surface area contributed by atoms with Crippen LogP contribution in [0.3, 0.4) is 0 Å². The highest BCUT2D eigenvalue weighted by atomic mass is 16.4. The third-order valence-electron chi connectivity index (χ3n) is 5.27. The molecule has 1 heterocycles. The summed E-state index contributed by atoms with van der Waals surface area (Å²) in [6.45, 7) is 6.00. The van der Waals surface area contributed by atoms with Gasteiger partial charge in [-0.3, -0.25) is 4.79 Å². The molecule has 1 aromatic carbocycles. The molecule has 0 spiro atoms. The van der Waals surface area contributed by atoms with Gasteiger partial charge in [0, 0.05) is 22.0 Å². The first-order valence-electron chi connectivity index (χ1n) is 8.05. The van der Waals surface area contributed by atoms with E-state index in [-0.39, 0.29) is 11.8 Å². The Morgan fingerprint density at radius 2 is 2.27 bits per heavy atom. The molecule has 2 N–H and O–H groups in total. The molecule has 22 heavy (non-hydrogen) atoms. The third-order valence-corrected chi connectivity index (χ3v) is 5.27. The second-order valence-corrected chi connectivity index (χ2v) is 6.42. The van der Waals surface area contributed by atoms with E-state index in [0.717, 1.165) is 36.9 Å². The largest absolute Gasteiger partial charge is 0.481 e. The number of para-hydroxylation sites is 1. The monoisotopic (exact) mass is 297 g/mol. The number of carboxylic acid groups (broad SMARTS) is 1.